The van der Waals surface area contributed by atoms with E-state index in [-0.39, 0.29) is 11.3 Å². The first-order chi connectivity index (χ1) is 11.2. The first-order valence-corrected chi connectivity index (χ1v) is 10.2. The average molecular weight is 335 g/mol. The van der Waals surface area contributed by atoms with E-state index in [0.29, 0.717) is 17.8 Å². The van der Waals surface area contributed by atoms with Crippen molar-refractivity contribution in [3.05, 3.63) is 0 Å². The van der Waals surface area contributed by atoms with Crippen molar-refractivity contribution in [1.29, 1.82) is 0 Å². The Hall–Kier alpha value is -0.570. The summed E-state index contributed by atoms with van der Waals surface area (Å²) < 4.78 is 0. The minimum Gasteiger partial charge on any atom is -0.481 e. The van der Waals surface area contributed by atoms with Crippen LogP contribution in [0.15, 0.2) is 0 Å². The van der Waals surface area contributed by atoms with E-state index in [4.69, 9.17) is 0 Å². The Balaban J connectivity index is 1.57. The van der Waals surface area contributed by atoms with Gasteiger partial charge in [0.1, 0.15) is 0 Å². The molecule has 0 aromatic rings. The van der Waals surface area contributed by atoms with Crippen molar-refractivity contribution in [3.63, 3.8) is 0 Å². The molecule has 4 aliphatic rings. The number of aliphatic hydroxyl groups is 1. The highest BCUT2D eigenvalue weighted by atomic mass is 16.4. The van der Waals surface area contributed by atoms with Crippen molar-refractivity contribution in [1.82, 2.24) is 0 Å². The Bertz CT molecular complexity index is 527. The lowest BCUT2D eigenvalue weighted by molar-refractivity contribution is -0.152. The summed E-state index contributed by atoms with van der Waals surface area (Å²) >= 11 is 0. The summed E-state index contributed by atoms with van der Waals surface area (Å²) in [6.45, 7) is 6.54. The molecule has 3 heteroatoms. The number of carbonyl (C=O) groups is 1. The summed E-state index contributed by atoms with van der Waals surface area (Å²) in [4.78, 5) is 11.7. The van der Waals surface area contributed by atoms with Gasteiger partial charge in [0, 0.05) is 0 Å². The third kappa shape index (κ3) is 2.29. The fourth-order valence-electron chi connectivity index (χ4n) is 7.65. The van der Waals surface area contributed by atoms with Gasteiger partial charge in [0.2, 0.25) is 0 Å². The van der Waals surface area contributed by atoms with Crippen LogP contribution in [0.4, 0.5) is 0 Å². The topological polar surface area (TPSA) is 57.5 Å². The van der Waals surface area contributed by atoms with Gasteiger partial charge in [0.25, 0.3) is 0 Å². The van der Waals surface area contributed by atoms with Crippen LogP contribution in [0.1, 0.15) is 72.1 Å². The average Bonchev–Trinajstić information content (AvgIpc) is 2.85. The van der Waals surface area contributed by atoms with E-state index in [1.54, 1.807) is 0 Å². The Morgan fingerprint density at radius 2 is 1.75 bits per heavy atom. The van der Waals surface area contributed by atoms with E-state index in [0.717, 1.165) is 43.4 Å². The normalized spacial score (nSPS) is 56.9. The van der Waals surface area contributed by atoms with Crippen molar-refractivity contribution in [2.75, 3.05) is 0 Å². The Morgan fingerprint density at radius 1 is 1.00 bits per heavy atom. The molecule has 2 N–H and O–H groups in total. The van der Waals surface area contributed by atoms with Crippen LogP contribution in [0.2, 0.25) is 0 Å². The highest BCUT2D eigenvalue weighted by Gasteiger charge is 2.59. The second-order valence-corrected chi connectivity index (χ2v) is 10.1. The maximum Gasteiger partial charge on any atom is 0.307 e. The molecule has 0 aromatic heterocycles. The van der Waals surface area contributed by atoms with Crippen molar-refractivity contribution in [2.24, 2.45) is 46.8 Å². The largest absolute Gasteiger partial charge is 0.481 e. The van der Waals surface area contributed by atoms with Crippen LogP contribution in [-0.4, -0.2) is 21.8 Å². The van der Waals surface area contributed by atoms with Crippen LogP contribution in [0.5, 0.6) is 0 Å². The lowest BCUT2D eigenvalue weighted by atomic mass is 9.48. The van der Waals surface area contributed by atoms with Crippen LogP contribution in [-0.2, 0) is 4.79 Å². The van der Waals surface area contributed by atoms with Crippen LogP contribution in [0, 0.1) is 46.8 Å². The number of fused-ring (bicyclic) bond motifs is 5. The highest BCUT2D eigenvalue weighted by molar-refractivity contribution is 5.71. The Morgan fingerprint density at radius 3 is 2.46 bits per heavy atom. The Labute approximate surface area is 146 Å². The number of hydrogen-bond acceptors (Lipinski definition) is 2. The molecule has 0 saturated heterocycles. The fourth-order valence-corrected chi connectivity index (χ4v) is 7.65. The van der Waals surface area contributed by atoms with E-state index in [1.807, 2.05) is 6.92 Å². The van der Waals surface area contributed by atoms with Crippen molar-refractivity contribution >= 4 is 5.97 Å². The molecule has 0 amide bonds. The molecule has 0 heterocycles. The third-order valence-electron chi connectivity index (χ3n) is 9.18. The van der Waals surface area contributed by atoms with Gasteiger partial charge in [-0.15, -0.1) is 0 Å². The molecule has 4 fully saturated rings. The SMILES string of the molecule is C[C@H]1C[C@H]2[C@H](CC[C@@H]3[C@@H]2CC[C@]2(C)[C@@H](C(=O)O)CC[C@@H]32)C[C@]1(C)O. The molecule has 9 atom stereocenters. The summed E-state index contributed by atoms with van der Waals surface area (Å²) in [5.74, 6) is 3.32. The standard InChI is InChI=1S/C21H34O3/c1-12-10-16-13(11-21(12,3)24)4-5-15-14(16)8-9-20(2)17(15)6-7-18(20)19(22)23/h12-18,24H,4-11H2,1-3H3,(H,22,23)/t12-,13+,14-,15+,16-,17-,18+,20-,21-/m0/s1. The van der Waals surface area contributed by atoms with Gasteiger partial charge in [0.15, 0.2) is 0 Å². The van der Waals surface area contributed by atoms with Gasteiger partial charge in [-0.2, -0.15) is 0 Å². The van der Waals surface area contributed by atoms with Gasteiger partial charge in [-0.3, -0.25) is 4.79 Å². The summed E-state index contributed by atoms with van der Waals surface area (Å²) in [6, 6.07) is 0. The van der Waals surface area contributed by atoms with Crippen molar-refractivity contribution in [2.45, 2.75) is 77.7 Å². The lowest BCUT2D eigenvalue weighted by Crippen LogP contribution is -2.53. The molecule has 4 rings (SSSR count). The van der Waals surface area contributed by atoms with E-state index >= 15 is 0 Å². The van der Waals surface area contributed by atoms with E-state index < -0.39 is 11.6 Å². The predicted octanol–water partition coefficient (Wildman–Crippen LogP) is 4.34. The fraction of sp³-hybridized carbons (Fsp3) is 0.952. The molecule has 24 heavy (non-hydrogen) atoms. The van der Waals surface area contributed by atoms with Gasteiger partial charge >= 0.3 is 5.97 Å². The third-order valence-corrected chi connectivity index (χ3v) is 9.18. The molecule has 4 aliphatic carbocycles. The summed E-state index contributed by atoms with van der Waals surface area (Å²) in [5.41, 5.74) is -0.454. The van der Waals surface area contributed by atoms with Crippen LogP contribution >= 0.6 is 0 Å². The molecule has 0 radical (unpaired) electrons. The molecule has 0 aromatic carbocycles. The van der Waals surface area contributed by atoms with E-state index in [9.17, 15) is 15.0 Å². The van der Waals surface area contributed by atoms with Gasteiger partial charge in [0.05, 0.1) is 11.5 Å². The monoisotopic (exact) mass is 334 g/mol. The minimum atomic E-state index is -0.561. The second kappa shape index (κ2) is 5.46. The number of carboxylic acids is 1. The quantitative estimate of drug-likeness (QED) is 0.750. The number of hydrogen-bond donors (Lipinski definition) is 2. The molecule has 4 saturated carbocycles. The first-order valence-electron chi connectivity index (χ1n) is 10.2. The zero-order valence-electron chi connectivity index (χ0n) is 15.5. The number of carboxylic acid groups (broad SMARTS) is 1. The molecule has 0 bridgehead atoms. The lowest BCUT2D eigenvalue weighted by Gasteiger charge is -2.57. The molecule has 3 nitrogen and oxygen atoms in total. The van der Waals surface area contributed by atoms with Gasteiger partial charge in [-0.1, -0.05) is 13.8 Å². The molecule has 0 spiro atoms. The zero-order valence-corrected chi connectivity index (χ0v) is 15.5. The predicted molar refractivity (Wildman–Crippen MR) is 93.4 cm³/mol. The molecule has 0 aliphatic heterocycles. The summed E-state index contributed by atoms with van der Waals surface area (Å²) in [7, 11) is 0. The summed E-state index contributed by atoms with van der Waals surface area (Å²) in [6.07, 6.45) is 8.99. The van der Waals surface area contributed by atoms with Gasteiger partial charge < -0.3 is 10.2 Å². The van der Waals surface area contributed by atoms with E-state index in [2.05, 4.69) is 13.8 Å². The molecular weight excluding hydrogens is 300 g/mol. The maximum atomic E-state index is 11.7. The van der Waals surface area contributed by atoms with E-state index in [1.165, 1.54) is 25.7 Å². The first kappa shape index (κ1) is 16.9. The number of rotatable bonds is 1. The maximum absolute atomic E-state index is 11.7. The Kier molecular flexibility index (Phi) is 3.84. The van der Waals surface area contributed by atoms with Crippen LogP contribution in [0.25, 0.3) is 0 Å². The van der Waals surface area contributed by atoms with Gasteiger partial charge in [-0.25, -0.2) is 0 Å². The minimum absolute atomic E-state index is 0.0333. The van der Waals surface area contributed by atoms with Crippen LogP contribution in [0.3, 0.4) is 0 Å². The molecular formula is C21H34O3. The smallest absolute Gasteiger partial charge is 0.307 e. The molecule has 0 unspecified atom stereocenters. The summed E-state index contributed by atoms with van der Waals surface area (Å²) in [5, 5.41) is 20.4. The molecule has 136 valence electrons. The van der Waals surface area contributed by atoms with Crippen molar-refractivity contribution < 1.29 is 15.0 Å². The zero-order chi connectivity index (χ0) is 17.3. The second-order valence-electron chi connectivity index (χ2n) is 10.1. The van der Waals surface area contributed by atoms with Crippen molar-refractivity contribution in [3.8, 4) is 0 Å². The highest BCUT2D eigenvalue weighted by Crippen LogP contribution is 2.64. The number of aliphatic carboxylic acids is 1. The van der Waals surface area contributed by atoms with Gasteiger partial charge in [-0.05, 0) is 99.2 Å². The van der Waals surface area contributed by atoms with Crippen LogP contribution < -0.4 is 0 Å².